The second-order valence-corrected chi connectivity index (χ2v) is 4.13. The van der Waals surface area contributed by atoms with Crippen LogP contribution >= 0.6 is 0 Å². The SMILES string of the molecule is CCC(N)CNC(=O)c1cc([N+](=O)[O-])ccc1C. The molecule has 1 rings (SSSR count). The van der Waals surface area contributed by atoms with Crippen molar-refractivity contribution in [2.75, 3.05) is 6.54 Å². The Labute approximate surface area is 105 Å². The molecule has 0 saturated carbocycles. The summed E-state index contributed by atoms with van der Waals surface area (Å²) in [6.45, 7) is 4.02. The first-order valence-corrected chi connectivity index (χ1v) is 5.74. The van der Waals surface area contributed by atoms with E-state index in [-0.39, 0.29) is 17.6 Å². The summed E-state index contributed by atoms with van der Waals surface area (Å²) < 4.78 is 0. The van der Waals surface area contributed by atoms with E-state index in [1.165, 1.54) is 12.1 Å². The average molecular weight is 251 g/mol. The molecule has 0 saturated heterocycles. The Balaban J connectivity index is 2.84. The lowest BCUT2D eigenvalue weighted by Gasteiger charge is -2.11. The van der Waals surface area contributed by atoms with Crippen LogP contribution < -0.4 is 11.1 Å². The topological polar surface area (TPSA) is 98.3 Å². The first-order valence-electron chi connectivity index (χ1n) is 5.74. The molecule has 0 radical (unpaired) electrons. The summed E-state index contributed by atoms with van der Waals surface area (Å²) in [7, 11) is 0. The number of aryl methyl sites for hydroxylation is 1. The number of nitro groups is 1. The Morgan fingerprint density at radius 1 is 1.56 bits per heavy atom. The van der Waals surface area contributed by atoms with Gasteiger partial charge in [0.25, 0.3) is 11.6 Å². The molecule has 0 spiro atoms. The minimum absolute atomic E-state index is 0.0921. The van der Waals surface area contributed by atoms with E-state index in [2.05, 4.69) is 5.32 Å². The standard InChI is InChI=1S/C12H17N3O3/c1-3-9(13)7-14-12(16)11-6-10(15(17)18)5-4-8(11)2/h4-6,9H,3,7,13H2,1-2H3,(H,14,16). The van der Waals surface area contributed by atoms with Gasteiger partial charge in [0, 0.05) is 30.3 Å². The van der Waals surface area contributed by atoms with Crippen LogP contribution in [0.5, 0.6) is 0 Å². The summed E-state index contributed by atoms with van der Waals surface area (Å²) in [5.41, 5.74) is 6.61. The van der Waals surface area contributed by atoms with Gasteiger partial charge in [-0.3, -0.25) is 14.9 Å². The van der Waals surface area contributed by atoms with Gasteiger partial charge >= 0.3 is 0 Å². The second kappa shape index (κ2) is 6.11. The van der Waals surface area contributed by atoms with Gasteiger partial charge in [-0.1, -0.05) is 13.0 Å². The number of non-ortho nitro benzene ring substituents is 1. The largest absolute Gasteiger partial charge is 0.350 e. The molecule has 0 aliphatic heterocycles. The van der Waals surface area contributed by atoms with Crippen molar-refractivity contribution in [1.29, 1.82) is 0 Å². The number of carbonyl (C=O) groups is 1. The summed E-state index contributed by atoms with van der Waals surface area (Å²) in [6.07, 6.45) is 0.758. The predicted octanol–water partition coefficient (Wildman–Crippen LogP) is 1.37. The molecule has 1 aromatic carbocycles. The van der Waals surface area contributed by atoms with E-state index >= 15 is 0 Å². The van der Waals surface area contributed by atoms with Crippen LogP contribution in [0.4, 0.5) is 5.69 Å². The number of hydrogen-bond acceptors (Lipinski definition) is 4. The average Bonchev–Trinajstić information content (AvgIpc) is 2.35. The number of benzene rings is 1. The Morgan fingerprint density at radius 3 is 2.78 bits per heavy atom. The highest BCUT2D eigenvalue weighted by atomic mass is 16.6. The lowest BCUT2D eigenvalue weighted by molar-refractivity contribution is -0.384. The fourth-order valence-electron chi connectivity index (χ4n) is 1.43. The van der Waals surface area contributed by atoms with Gasteiger partial charge in [-0.05, 0) is 18.9 Å². The summed E-state index contributed by atoms with van der Waals surface area (Å²) >= 11 is 0. The molecule has 18 heavy (non-hydrogen) atoms. The van der Waals surface area contributed by atoms with Gasteiger partial charge in [-0.2, -0.15) is 0 Å². The van der Waals surface area contributed by atoms with Gasteiger partial charge in [-0.25, -0.2) is 0 Å². The highest BCUT2D eigenvalue weighted by Crippen LogP contribution is 2.17. The maximum atomic E-state index is 11.9. The molecule has 1 aromatic rings. The molecule has 3 N–H and O–H groups in total. The fraction of sp³-hybridized carbons (Fsp3) is 0.417. The molecule has 0 aliphatic rings. The van der Waals surface area contributed by atoms with Gasteiger partial charge in [0.05, 0.1) is 4.92 Å². The van der Waals surface area contributed by atoms with Crippen molar-refractivity contribution >= 4 is 11.6 Å². The predicted molar refractivity (Wildman–Crippen MR) is 68.4 cm³/mol. The van der Waals surface area contributed by atoms with Crippen molar-refractivity contribution < 1.29 is 9.72 Å². The highest BCUT2D eigenvalue weighted by molar-refractivity contribution is 5.96. The zero-order chi connectivity index (χ0) is 13.7. The van der Waals surface area contributed by atoms with Crippen LogP contribution in [0.2, 0.25) is 0 Å². The number of nitrogens with zero attached hydrogens (tertiary/aromatic N) is 1. The number of amides is 1. The zero-order valence-corrected chi connectivity index (χ0v) is 10.5. The van der Waals surface area contributed by atoms with E-state index in [1.54, 1.807) is 13.0 Å². The minimum atomic E-state index is -0.520. The smallest absolute Gasteiger partial charge is 0.270 e. The van der Waals surface area contributed by atoms with Crippen molar-refractivity contribution in [3.63, 3.8) is 0 Å². The van der Waals surface area contributed by atoms with Crippen molar-refractivity contribution in [3.05, 3.63) is 39.4 Å². The maximum Gasteiger partial charge on any atom is 0.270 e. The molecule has 98 valence electrons. The van der Waals surface area contributed by atoms with E-state index in [0.29, 0.717) is 17.7 Å². The summed E-state index contributed by atoms with van der Waals surface area (Å²) in [5.74, 6) is -0.333. The van der Waals surface area contributed by atoms with E-state index in [0.717, 1.165) is 6.42 Å². The van der Waals surface area contributed by atoms with E-state index in [9.17, 15) is 14.9 Å². The van der Waals surface area contributed by atoms with Crippen LogP contribution in [0.25, 0.3) is 0 Å². The maximum absolute atomic E-state index is 11.9. The Bertz CT molecular complexity index is 460. The molecule has 6 nitrogen and oxygen atoms in total. The Kier molecular flexibility index (Phi) is 4.79. The van der Waals surface area contributed by atoms with Gasteiger partial charge < -0.3 is 11.1 Å². The van der Waals surface area contributed by atoms with Crippen molar-refractivity contribution in [2.24, 2.45) is 5.73 Å². The monoisotopic (exact) mass is 251 g/mol. The number of nitrogens with two attached hydrogens (primary N) is 1. The molecule has 1 atom stereocenters. The van der Waals surface area contributed by atoms with Gasteiger partial charge in [0.15, 0.2) is 0 Å². The van der Waals surface area contributed by atoms with Crippen molar-refractivity contribution in [2.45, 2.75) is 26.3 Å². The van der Waals surface area contributed by atoms with E-state index in [4.69, 9.17) is 5.73 Å². The summed E-state index contributed by atoms with van der Waals surface area (Å²) in [4.78, 5) is 22.0. The van der Waals surface area contributed by atoms with Crippen LogP contribution in [-0.2, 0) is 0 Å². The minimum Gasteiger partial charge on any atom is -0.350 e. The number of nitro benzene ring substituents is 1. The zero-order valence-electron chi connectivity index (χ0n) is 10.5. The molecule has 1 unspecified atom stereocenters. The van der Waals surface area contributed by atoms with E-state index in [1.807, 2.05) is 6.92 Å². The fourth-order valence-corrected chi connectivity index (χ4v) is 1.43. The lowest BCUT2D eigenvalue weighted by atomic mass is 10.1. The third kappa shape index (κ3) is 3.53. The molecule has 0 aromatic heterocycles. The van der Waals surface area contributed by atoms with Gasteiger partial charge in [-0.15, -0.1) is 0 Å². The quantitative estimate of drug-likeness (QED) is 0.610. The van der Waals surface area contributed by atoms with Gasteiger partial charge in [0.1, 0.15) is 0 Å². The first kappa shape index (κ1) is 14.1. The summed E-state index contributed by atoms with van der Waals surface area (Å²) in [6, 6.07) is 4.12. The Hall–Kier alpha value is -1.95. The molecular formula is C12H17N3O3. The number of hydrogen-bond donors (Lipinski definition) is 2. The number of carbonyl (C=O) groups excluding carboxylic acids is 1. The van der Waals surface area contributed by atoms with Gasteiger partial charge in [0.2, 0.25) is 0 Å². The van der Waals surface area contributed by atoms with Crippen molar-refractivity contribution in [1.82, 2.24) is 5.32 Å². The Morgan fingerprint density at radius 2 is 2.22 bits per heavy atom. The van der Waals surface area contributed by atoms with E-state index < -0.39 is 4.92 Å². The first-order chi connectivity index (χ1) is 8.45. The third-order valence-corrected chi connectivity index (χ3v) is 2.73. The normalized spacial score (nSPS) is 11.9. The number of rotatable bonds is 5. The molecule has 1 amide bonds. The lowest BCUT2D eigenvalue weighted by Crippen LogP contribution is -2.36. The van der Waals surface area contributed by atoms with Crippen LogP contribution in [0.1, 0.15) is 29.3 Å². The van der Waals surface area contributed by atoms with Crippen LogP contribution in [0.3, 0.4) is 0 Å². The second-order valence-electron chi connectivity index (χ2n) is 4.13. The van der Waals surface area contributed by atoms with Crippen molar-refractivity contribution in [3.8, 4) is 0 Å². The molecule has 0 heterocycles. The third-order valence-electron chi connectivity index (χ3n) is 2.73. The number of nitrogens with one attached hydrogen (secondary N) is 1. The summed E-state index contributed by atoms with van der Waals surface area (Å²) in [5, 5.41) is 13.3. The van der Waals surface area contributed by atoms with Crippen LogP contribution in [0.15, 0.2) is 18.2 Å². The molecule has 0 bridgehead atoms. The molecule has 0 aliphatic carbocycles. The molecule has 0 fully saturated rings. The molecular weight excluding hydrogens is 234 g/mol. The van der Waals surface area contributed by atoms with Crippen LogP contribution in [-0.4, -0.2) is 23.4 Å². The molecule has 6 heteroatoms. The van der Waals surface area contributed by atoms with Crippen LogP contribution in [0, 0.1) is 17.0 Å². The highest BCUT2D eigenvalue weighted by Gasteiger charge is 2.14.